The zero-order valence-corrected chi connectivity index (χ0v) is 20.3. The Labute approximate surface area is 197 Å². The number of carbonyl (C=O) groups is 3. The Morgan fingerprint density at radius 2 is 1.75 bits per heavy atom. The van der Waals surface area contributed by atoms with E-state index in [2.05, 4.69) is 10.3 Å². The third-order valence-electron chi connectivity index (χ3n) is 5.50. The van der Waals surface area contributed by atoms with Crippen molar-refractivity contribution in [1.29, 1.82) is 0 Å². The molecule has 0 spiro atoms. The number of likely N-dealkylation sites (tertiary alicyclic amines) is 1. The number of nitrogens with one attached hydrogen (secondary N) is 2. The van der Waals surface area contributed by atoms with Gasteiger partial charge in [-0.05, 0) is 34.1 Å². The van der Waals surface area contributed by atoms with Gasteiger partial charge in [0.25, 0.3) is 5.91 Å². The fraction of sp³-hybridized carbons (Fsp3) is 0.667. The van der Waals surface area contributed by atoms with Crippen LogP contribution in [-0.2, 0) is 14.3 Å². The Kier molecular flexibility index (Phi) is 7.62. The zero-order chi connectivity index (χ0) is 23.6. The first-order valence-corrected chi connectivity index (χ1v) is 11.4. The third-order valence-corrected chi connectivity index (χ3v) is 6.45. The summed E-state index contributed by atoms with van der Waals surface area (Å²) in [6, 6.07) is -0.477. The molecule has 11 heteroatoms. The van der Waals surface area contributed by atoms with Gasteiger partial charge in [0, 0.05) is 37.9 Å². The second kappa shape index (κ2) is 9.89. The molecule has 0 aromatic carbocycles. The van der Waals surface area contributed by atoms with Crippen LogP contribution in [0.5, 0.6) is 0 Å². The van der Waals surface area contributed by atoms with Crippen molar-refractivity contribution >= 4 is 41.1 Å². The lowest BCUT2D eigenvalue weighted by Gasteiger charge is -2.41. The van der Waals surface area contributed by atoms with Gasteiger partial charge in [0.2, 0.25) is 5.91 Å². The quantitative estimate of drug-likeness (QED) is 0.680. The molecule has 1 aromatic heterocycles. The molecule has 0 aliphatic carbocycles. The molecule has 1 aromatic rings. The highest BCUT2D eigenvalue weighted by molar-refractivity contribution is 6.44. The van der Waals surface area contributed by atoms with Crippen molar-refractivity contribution in [2.45, 2.75) is 45.8 Å². The standard InChI is InChI=1S/C21H30Cl2N4O5/c1-12-15(22)16(23)17(24-12)18(28)25-14-5-6-27(20(30)32-21(2,3)4)11-13(14)19(29)26-7-9-31-10-8-26/h13-14,24H,5-11H2,1-4H3,(H,25,28)/t13-,14+/m0/s1. The summed E-state index contributed by atoms with van der Waals surface area (Å²) < 4.78 is 10.8. The summed E-state index contributed by atoms with van der Waals surface area (Å²) >= 11 is 12.3. The van der Waals surface area contributed by atoms with E-state index in [0.29, 0.717) is 45.0 Å². The van der Waals surface area contributed by atoms with E-state index < -0.39 is 29.6 Å². The fourth-order valence-corrected chi connectivity index (χ4v) is 4.27. The molecule has 3 heterocycles. The molecular formula is C21H30Cl2N4O5. The Bertz CT molecular complexity index is 876. The van der Waals surface area contributed by atoms with Crippen LogP contribution in [0.25, 0.3) is 0 Å². The summed E-state index contributed by atoms with van der Waals surface area (Å²) in [6.45, 7) is 9.46. The number of aromatic amines is 1. The van der Waals surface area contributed by atoms with Gasteiger partial charge in [-0.1, -0.05) is 23.2 Å². The average Bonchev–Trinajstić information content (AvgIpc) is 3.00. The SMILES string of the molecule is Cc1[nH]c(C(=O)N[C@@H]2CCN(C(=O)OC(C)(C)C)C[C@@H]2C(=O)N2CCOCC2)c(Cl)c1Cl. The average molecular weight is 489 g/mol. The van der Waals surface area contributed by atoms with Crippen molar-refractivity contribution < 1.29 is 23.9 Å². The molecule has 32 heavy (non-hydrogen) atoms. The molecule has 0 saturated carbocycles. The number of carbonyl (C=O) groups excluding carboxylic acids is 3. The van der Waals surface area contributed by atoms with Gasteiger partial charge in [0.15, 0.2) is 0 Å². The number of rotatable bonds is 3. The smallest absolute Gasteiger partial charge is 0.410 e. The first kappa shape index (κ1) is 24.7. The lowest BCUT2D eigenvalue weighted by atomic mass is 9.90. The summed E-state index contributed by atoms with van der Waals surface area (Å²) in [7, 11) is 0. The number of amides is 3. The van der Waals surface area contributed by atoms with Gasteiger partial charge in [-0.25, -0.2) is 4.79 Å². The molecule has 2 atom stereocenters. The van der Waals surface area contributed by atoms with Crippen molar-refractivity contribution in [2.24, 2.45) is 5.92 Å². The predicted molar refractivity (Wildman–Crippen MR) is 120 cm³/mol. The van der Waals surface area contributed by atoms with E-state index in [1.807, 2.05) is 0 Å². The molecule has 0 unspecified atom stereocenters. The maximum Gasteiger partial charge on any atom is 0.410 e. The topological polar surface area (TPSA) is 104 Å². The van der Waals surface area contributed by atoms with Crippen molar-refractivity contribution in [3.05, 3.63) is 21.4 Å². The number of aromatic nitrogens is 1. The minimum absolute atomic E-state index is 0.126. The fourth-order valence-electron chi connectivity index (χ4n) is 3.85. The van der Waals surface area contributed by atoms with Gasteiger partial charge >= 0.3 is 6.09 Å². The zero-order valence-electron chi connectivity index (χ0n) is 18.8. The predicted octanol–water partition coefficient (Wildman–Crippen LogP) is 2.84. The van der Waals surface area contributed by atoms with E-state index >= 15 is 0 Å². The third kappa shape index (κ3) is 5.68. The van der Waals surface area contributed by atoms with E-state index in [1.54, 1.807) is 32.6 Å². The number of aryl methyl sites for hydroxylation is 1. The number of morpholine rings is 1. The number of hydrogen-bond acceptors (Lipinski definition) is 5. The molecule has 0 radical (unpaired) electrons. The molecule has 0 bridgehead atoms. The Morgan fingerprint density at radius 1 is 1.09 bits per heavy atom. The number of ether oxygens (including phenoxy) is 2. The van der Waals surface area contributed by atoms with Gasteiger partial charge in [-0.2, -0.15) is 0 Å². The second-order valence-corrected chi connectivity index (χ2v) is 9.85. The number of hydrogen-bond donors (Lipinski definition) is 2. The summed E-state index contributed by atoms with van der Waals surface area (Å²) in [5, 5.41) is 3.36. The van der Waals surface area contributed by atoms with Crippen LogP contribution in [0.2, 0.25) is 10.0 Å². The van der Waals surface area contributed by atoms with Gasteiger partial charge in [0.05, 0.1) is 29.2 Å². The van der Waals surface area contributed by atoms with E-state index in [4.69, 9.17) is 32.7 Å². The van der Waals surface area contributed by atoms with Gasteiger partial charge < -0.3 is 29.6 Å². The molecule has 2 saturated heterocycles. The summed E-state index contributed by atoms with van der Waals surface area (Å²) in [6.07, 6.45) is -0.0755. The molecule has 2 aliphatic heterocycles. The van der Waals surface area contributed by atoms with Crippen molar-refractivity contribution in [3.63, 3.8) is 0 Å². The van der Waals surface area contributed by atoms with E-state index in [-0.39, 0.29) is 28.2 Å². The molecule has 3 amide bonds. The van der Waals surface area contributed by atoms with E-state index in [1.165, 1.54) is 4.90 Å². The van der Waals surface area contributed by atoms with E-state index in [0.717, 1.165) is 0 Å². The number of piperidine rings is 1. The molecule has 2 N–H and O–H groups in total. The molecule has 3 rings (SSSR count). The van der Waals surface area contributed by atoms with Gasteiger partial charge in [-0.3, -0.25) is 9.59 Å². The van der Waals surface area contributed by atoms with Crippen LogP contribution in [0, 0.1) is 12.8 Å². The van der Waals surface area contributed by atoms with Crippen LogP contribution in [0.15, 0.2) is 0 Å². The van der Waals surface area contributed by atoms with Crippen LogP contribution in [0.4, 0.5) is 4.79 Å². The Morgan fingerprint density at radius 3 is 2.31 bits per heavy atom. The maximum absolute atomic E-state index is 13.3. The first-order chi connectivity index (χ1) is 15.0. The monoisotopic (exact) mass is 488 g/mol. The molecule has 2 aliphatic rings. The molecule has 2 fully saturated rings. The van der Waals surface area contributed by atoms with Gasteiger partial charge in [0.1, 0.15) is 11.3 Å². The van der Waals surface area contributed by atoms with Crippen LogP contribution < -0.4 is 5.32 Å². The maximum atomic E-state index is 13.3. The second-order valence-electron chi connectivity index (χ2n) is 9.09. The molecular weight excluding hydrogens is 459 g/mol. The first-order valence-electron chi connectivity index (χ1n) is 10.7. The summed E-state index contributed by atoms with van der Waals surface area (Å²) in [4.78, 5) is 45.0. The highest BCUT2D eigenvalue weighted by atomic mass is 35.5. The normalized spacial score (nSPS) is 21.9. The summed E-state index contributed by atoms with van der Waals surface area (Å²) in [5.41, 5.74) is 0.0942. The van der Waals surface area contributed by atoms with Gasteiger partial charge in [-0.15, -0.1) is 0 Å². The van der Waals surface area contributed by atoms with Crippen LogP contribution in [0.3, 0.4) is 0 Å². The number of nitrogens with zero attached hydrogens (tertiary/aromatic N) is 2. The Balaban J connectivity index is 1.78. The largest absolute Gasteiger partial charge is 0.444 e. The minimum atomic E-state index is -0.645. The lowest BCUT2D eigenvalue weighted by Crippen LogP contribution is -2.59. The minimum Gasteiger partial charge on any atom is -0.444 e. The van der Waals surface area contributed by atoms with Crippen LogP contribution in [-0.4, -0.2) is 83.7 Å². The van der Waals surface area contributed by atoms with E-state index in [9.17, 15) is 14.4 Å². The van der Waals surface area contributed by atoms with Crippen LogP contribution >= 0.6 is 23.2 Å². The van der Waals surface area contributed by atoms with Crippen molar-refractivity contribution in [2.75, 3.05) is 39.4 Å². The highest BCUT2D eigenvalue weighted by Crippen LogP contribution is 2.30. The molecule has 178 valence electrons. The Hall–Kier alpha value is -1.97. The highest BCUT2D eigenvalue weighted by Gasteiger charge is 2.40. The van der Waals surface area contributed by atoms with Crippen molar-refractivity contribution in [1.82, 2.24) is 20.1 Å². The van der Waals surface area contributed by atoms with Crippen LogP contribution in [0.1, 0.15) is 43.4 Å². The lowest BCUT2D eigenvalue weighted by molar-refractivity contribution is -0.142. The number of halogens is 2. The van der Waals surface area contributed by atoms with Crippen molar-refractivity contribution in [3.8, 4) is 0 Å². The number of H-pyrrole nitrogens is 1. The molecule has 9 nitrogen and oxygen atoms in total. The summed E-state index contributed by atoms with van der Waals surface area (Å²) in [5.74, 6) is -1.19.